The molecule has 0 atom stereocenters. The van der Waals surface area contributed by atoms with Crippen LogP contribution in [0, 0.1) is 18.3 Å². The molecule has 0 aliphatic heterocycles. The number of hydrogen-bond acceptors (Lipinski definition) is 4. The molecule has 0 aliphatic carbocycles. The summed E-state index contributed by atoms with van der Waals surface area (Å²) >= 11 is 0. The van der Waals surface area contributed by atoms with E-state index in [9.17, 15) is 4.79 Å². The molecule has 4 rings (SSSR count). The molecule has 0 radical (unpaired) electrons. The number of aromatic nitrogens is 2. The number of pyridine rings is 1. The Morgan fingerprint density at radius 3 is 2.66 bits per heavy atom. The summed E-state index contributed by atoms with van der Waals surface area (Å²) in [6.45, 7) is 2.02. The molecule has 2 aromatic heterocycles. The highest BCUT2D eigenvalue weighted by Crippen LogP contribution is 2.31. The van der Waals surface area contributed by atoms with Crippen LogP contribution < -0.4 is 10.1 Å². The third-order valence-electron chi connectivity index (χ3n) is 4.70. The van der Waals surface area contributed by atoms with Gasteiger partial charge in [0, 0.05) is 23.5 Å². The lowest BCUT2D eigenvalue weighted by Crippen LogP contribution is -2.12. The first-order valence-electron chi connectivity index (χ1n) is 9.03. The van der Waals surface area contributed by atoms with E-state index in [1.165, 1.54) is 0 Å². The van der Waals surface area contributed by atoms with E-state index in [-0.39, 0.29) is 5.91 Å². The van der Waals surface area contributed by atoms with Gasteiger partial charge in [0.25, 0.3) is 5.91 Å². The molecule has 0 saturated carbocycles. The number of anilines is 1. The summed E-state index contributed by atoms with van der Waals surface area (Å²) in [7, 11) is 1.56. The van der Waals surface area contributed by atoms with Crippen LogP contribution in [0.15, 0.2) is 67.0 Å². The summed E-state index contributed by atoms with van der Waals surface area (Å²) in [6, 6.07) is 18.1. The van der Waals surface area contributed by atoms with Gasteiger partial charge in [0.2, 0.25) is 0 Å². The first-order chi connectivity index (χ1) is 14.1. The third-order valence-corrected chi connectivity index (χ3v) is 4.70. The minimum absolute atomic E-state index is 0.282. The second kappa shape index (κ2) is 7.49. The number of aryl methyl sites for hydroxylation is 1. The van der Waals surface area contributed by atoms with Crippen LogP contribution in [0.4, 0.5) is 5.69 Å². The van der Waals surface area contributed by atoms with Gasteiger partial charge in [0.1, 0.15) is 11.4 Å². The van der Waals surface area contributed by atoms with Crippen LogP contribution in [0.3, 0.4) is 0 Å². The number of rotatable bonds is 4. The number of ether oxygens (including phenoxy) is 1. The van der Waals surface area contributed by atoms with Crippen molar-refractivity contribution >= 4 is 17.2 Å². The lowest BCUT2D eigenvalue weighted by atomic mass is 10.1. The van der Waals surface area contributed by atoms with Crippen molar-refractivity contribution < 1.29 is 9.53 Å². The summed E-state index contributed by atoms with van der Waals surface area (Å²) in [5, 5.41) is 11.8. The number of benzene rings is 2. The van der Waals surface area contributed by atoms with Crippen LogP contribution in [-0.4, -0.2) is 22.4 Å². The molecule has 2 aromatic carbocycles. The molecule has 1 N–H and O–H groups in total. The van der Waals surface area contributed by atoms with Crippen molar-refractivity contribution in [2.75, 3.05) is 12.4 Å². The number of amides is 1. The fourth-order valence-electron chi connectivity index (χ4n) is 3.15. The predicted octanol–water partition coefficient (Wildman–Crippen LogP) is 4.44. The molecule has 6 nitrogen and oxygen atoms in total. The van der Waals surface area contributed by atoms with Crippen molar-refractivity contribution in [2.24, 2.45) is 0 Å². The second-order valence-electron chi connectivity index (χ2n) is 6.61. The molecule has 29 heavy (non-hydrogen) atoms. The largest absolute Gasteiger partial charge is 0.495 e. The van der Waals surface area contributed by atoms with Gasteiger partial charge in [0.15, 0.2) is 0 Å². The monoisotopic (exact) mass is 382 g/mol. The molecule has 142 valence electrons. The fourth-order valence-corrected chi connectivity index (χ4v) is 3.15. The van der Waals surface area contributed by atoms with E-state index < -0.39 is 0 Å². The molecule has 2 heterocycles. The Hall–Kier alpha value is -4.11. The molecular formula is C23H18N4O2. The molecule has 6 heteroatoms. The van der Waals surface area contributed by atoms with Crippen LogP contribution in [0.25, 0.3) is 16.9 Å². The van der Waals surface area contributed by atoms with Crippen molar-refractivity contribution in [3.05, 3.63) is 83.7 Å². The van der Waals surface area contributed by atoms with E-state index in [2.05, 4.69) is 5.32 Å². The number of imidazole rings is 1. The molecule has 4 aromatic rings. The normalized spacial score (nSPS) is 10.5. The van der Waals surface area contributed by atoms with Crippen molar-refractivity contribution in [3.63, 3.8) is 0 Å². The van der Waals surface area contributed by atoms with Crippen LogP contribution in [0.5, 0.6) is 5.75 Å². The minimum Gasteiger partial charge on any atom is -0.495 e. The van der Waals surface area contributed by atoms with E-state index in [4.69, 9.17) is 15.0 Å². The van der Waals surface area contributed by atoms with Gasteiger partial charge in [-0.05, 0) is 61.0 Å². The Balaban J connectivity index is 1.68. The topological polar surface area (TPSA) is 79.4 Å². The molecule has 0 fully saturated rings. The zero-order valence-electron chi connectivity index (χ0n) is 16.0. The Morgan fingerprint density at radius 1 is 1.17 bits per heavy atom. The summed E-state index contributed by atoms with van der Waals surface area (Å²) in [5.41, 5.74) is 5.15. The summed E-state index contributed by atoms with van der Waals surface area (Å²) in [5.74, 6) is 0.270. The molecule has 0 bridgehead atoms. The van der Waals surface area contributed by atoms with Gasteiger partial charge in [0.05, 0.1) is 30.1 Å². The molecule has 0 aliphatic rings. The average molecular weight is 382 g/mol. The smallest absolute Gasteiger partial charge is 0.255 e. The van der Waals surface area contributed by atoms with Gasteiger partial charge >= 0.3 is 0 Å². The van der Waals surface area contributed by atoms with Gasteiger partial charge in [-0.1, -0.05) is 6.07 Å². The Labute approximate surface area is 168 Å². The number of carbonyl (C=O) groups excluding carboxylic acids is 1. The van der Waals surface area contributed by atoms with Crippen LogP contribution in [0.2, 0.25) is 0 Å². The number of hydrogen-bond donors (Lipinski definition) is 1. The lowest BCUT2D eigenvalue weighted by Gasteiger charge is -2.11. The number of nitrogens with one attached hydrogen (secondary N) is 1. The maximum Gasteiger partial charge on any atom is 0.255 e. The first-order valence-corrected chi connectivity index (χ1v) is 9.03. The number of methoxy groups -OCH3 is 1. The van der Waals surface area contributed by atoms with Crippen molar-refractivity contribution in [1.29, 1.82) is 5.26 Å². The summed E-state index contributed by atoms with van der Waals surface area (Å²) in [4.78, 5) is 17.4. The standard InChI is InChI=1S/C23H18N4O2/c1-15-4-3-11-27-14-20(25-22(15)27)18-9-10-21(29-2)19(12-18)26-23(28)17-7-5-16(13-24)6-8-17/h3-12,14H,1-2H3,(H,26,28). The fraction of sp³-hybridized carbons (Fsp3) is 0.0870. The van der Waals surface area contributed by atoms with Crippen molar-refractivity contribution in [1.82, 2.24) is 9.38 Å². The van der Waals surface area contributed by atoms with Gasteiger partial charge in [-0.3, -0.25) is 4.79 Å². The van der Waals surface area contributed by atoms with Crippen LogP contribution in [0.1, 0.15) is 21.5 Å². The quantitative estimate of drug-likeness (QED) is 0.566. The van der Waals surface area contributed by atoms with Crippen molar-refractivity contribution in [3.8, 4) is 23.1 Å². The molecular weight excluding hydrogens is 364 g/mol. The molecule has 0 saturated heterocycles. The zero-order chi connectivity index (χ0) is 20.4. The minimum atomic E-state index is -0.282. The number of nitrogens with zero attached hydrogens (tertiary/aromatic N) is 3. The summed E-state index contributed by atoms with van der Waals surface area (Å²) < 4.78 is 7.38. The molecule has 1 amide bonds. The number of carbonyl (C=O) groups is 1. The third kappa shape index (κ3) is 3.54. The number of fused-ring (bicyclic) bond motifs is 1. The van der Waals surface area contributed by atoms with Gasteiger partial charge < -0.3 is 14.5 Å². The van der Waals surface area contributed by atoms with Gasteiger partial charge in [-0.2, -0.15) is 5.26 Å². The van der Waals surface area contributed by atoms with E-state index >= 15 is 0 Å². The maximum atomic E-state index is 12.6. The highest BCUT2D eigenvalue weighted by Gasteiger charge is 2.13. The van der Waals surface area contributed by atoms with Crippen molar-refractivity contribution in [2.45, 2.75) is 6.92 Å². The van der Waals surface area contributed by atoms with Gasteiger partial charge in [-0.15, -0.1) is 0 Å². The average Bonchev–Trinajstić information content (AvgIpc) is 3.19. The Bertz CT molecular complexity index is 1250. The molecule has 0 spiro atoms. The first kappa shape index (κ1) is 18.3. The Morgan fingerprint density at radius 2 is 1.97 bits per heavy atom. The highest BCUT2D eigenvalue weighted by atomic mass is 16.5. The van der Waals surface area contributed by atoms with Gasteiger partial charge in [-0.25, -0.2) is 4.98 Å². The summed E-state index contributed by atoms with van der Waals surface area (Å²) in [6.07, 6.45) is 3.91. The second-order valence-corrected chi connectivity index (χ2v) is 6.61. The molecule has 0 unspecified atom stereocenters. The van der Waals surface area contributed by atoms with E-state index in [0.717, 1.165) is 22.5 Å². The Kier molecular flexibility index (Phi) is 4.71. The predicted molar refractivity (Wildman–Crippen MR) is 111 cm³/mol. The lowest BCUT2D eigenvalue weighted by molar-refractivity contribution is 0.102. The highest BCUT2D eigenvalue weighted by molar-refractivity contribution is 6.05. The van der Waals surface area contributed by atoms with E-state index in [1.807, 2.05) is 54.1 Å². The van der Waals surface area contributed by atoms with Crippen LogP contribution >= 0.6 is 0 Å². The zero-order valence-corrected chi connectivity index (χ0v) is 16.0. The van der Waals surface area contributed by atoms with E-state index in [0.29, 0.717) is 22.6 Å². The van der Waals surface area contributed by atoms with Crippen LogP contribution in [-0.2, 0) is 0 Å². The SMILES string of the molecule is COc1ccc(-c2cn3cccc(C)c3n2)cc1NC(=O)c1ccc(C#N)cc1. The van der Waals surface area contributed by atoms with E-state index in [1.54, 1.807) is 37.4 Å². The number of nitriles is 1. The maximum absolute atomic E-state index is 12.6.